The Morgan fingerprint density at radius 2 is 1.64 bits per heavy atom. The highest BCUT2D eigenvalue weighted by Crippen LogP contribution is 2.21. The zero-order chi connectivity index (χ0) is 23.2. The van der Waals surface area contributed by atoms with Gasteiger partial charge in [0, 0.05) is 30.0 Å². The van der Waals surface area contributed by atoms with Gasteiger partial charge in [-0.3, -0.25) is 14.4 Å². The molecular weight excluding hydrogens is 422 g/mol. The maximum Gasteiger partial charge on any atom is 0.257 e. The highest BCUT2D eigenvalue weighted by atomic mass is 16.5. The van der Waals surface area contributed by atoms with Gasteiger partial charge in [0.2, 0.25) is 5.91 Å². The Bertz CT molecular complexity index is 1110. The molecule has 3 amide bonds. The Labute approximate surface area is 191 Å². The lowest BCUT2D eigenvalue weighted by Gasteiger charge is -2.31. The standard InChI is InChI=1S/C25H25N3O5/c1-32-22-10-8-21(9-11-22)26-23(29)17-4-6-20(7-5-17)27-24(30)18-3-2-13-28(15-18)25(31)19-12-14-33-16-19/h4-12,14,16,18H,2-3,13,15H2,1H3,(H,26,29)(H,27,30)/t18-/m1/s1. The zero-order valence-corrected chi connectivity index (χ0v) is 18.2. The summed E-state index contributed by atoms with van der Waals surface area (Å²) < 4.78 is 10.1. The molecule has 0 aliphatic carbocycles. The second-order valence-corrected chi connectivity index (χ2v) is 7.85. The minimum Gasteiger partial charge on any atom is -0.497 e. The lowest BCUT2D eigenvalue weighted by atomic mass is 9.96. The van der Waals surface area contributed by atoms with E-state index in [9.17, 15) is 14.4 Å². The van der Waals surface area contributed by atoms with Crippen molar-refractivity contribution < 1.29 is 23.5 Å². The maximum absolute atomic E-state index is 12.8. The van der Waals surface area contributed by atoms with Crippen LogP contribution in [-0.4, -0.2) is 42.8 Å². The van der Waals surface area contributed by atoms with Crippen molar-refractivity contribution in [3.05, 3.63) is 78.3 Å². The third kappa shape index (κ3) is 5.41. The number of likely N-dealkylation sites (tertiary alicyclic amines) is 1. The smallest absolute Gasteiger partial charge is 0.257 e. The Morgan fingerprint density at radius 1 is 0.939 bits per heavy atom. The molecule has 4 rings (SSSR count). The summed E-state index contributed by atoms with van der Waals surface area (Å²) in [5.74, 6) is -0.116. The SMILES string of the molecule is COc1ccc(NC(=O)c2ccc(NC(=O)[C@@H]3CCCN(C(=O)c4ccoc4)C3)cc2)cc1. The molecule has 2 aromatic carbocycles. The number of carbonyl (C=O) groups excluding carboxylic acids is 3. The third-order valence-electron chi connectivity index (χ3n) is 5.61. The van der Waals surface area contributed by atoms with Crippen LogP contribution in [0.3, 0.4) is 0 Å². The minimum atomic E-state index is -0.298. The summed E-state index contributed by atoms with van der Waals surface area (Å²) in [7, 11) is 1.58. The van der Waals surface area contributed by atoms with Crippen molar-refractivity contribution in [1.82, 2.24) is 4.90 Å². The number of hydrogen-bond acceptors (Lipinski definition) is 5. The van der Waals surface area contributed by atoms with Gasteiger partial charge in [0.25, 0.3) is 11.8 Å². The van der Waals surface area contributed by atoms with Crippen molar-refractivity contribution in [2.45, 2.75) is 12.8 Å². The molecule has 0 saturated carbocycles. The van der Waals surface area contributed by atoms with Crippen LogP contribution in [0.25, 0.3) is 0 Å². The summed E-state index contributed by atoms with van der Waals surface area (Å²) in [5.41, 5.74) is 2.21. The second-order valence-electron chi connectivity index (χ2n) is 7.85. The van der Waals surface area contributed by atoms with Crippen molar-refractivity contribution >= 4 is 29.1 Å². The topological polar surface area (TPSA) is 101 Å². The number of ether oxygens (including phenoxy) is 1. The van der Waals surface area contributed by atoms with Crippen molar-refractivity contribution in [3.63, 3.8) is 0 Å². The Balaban J connectivity index is 1.32. The summed E-state index contributed by atoms with van der Waals surface area (Å²) in [6.45, 7) is 0.976. The summed E-state index contributed by atoms with van der Waals surface area (Å²) in [6, 6.07) is 15.4. The van der Waals surface area contributed by atoms with Crippen molar-refractivity contribution in [2.75, 3.05) is 30.8 Å². The first-order valence-corrected chi connectivity index (χ1v) is 10.7. The molecule has 170 valence electrons. The molecule has 1 aliphatic heterocycles. The number of piperidine rings is 1. The molecule has 33 heavy (non-hydrogen) atoms. The number of furan rings is 1. The number of amides is 3. The van der Waals surface area contributed by atoms with Crippen LogP contribution in [0.4, 0.5) is 11.4 Å². The highest BCUT2D eigenvalue weighted by molar-refractivity contribution is 6.04. The normalized spacial score (nSPS) is 15.5. The average molecular weight is 447 g/mol. The van der Waals surface area contributed by atoms with Crippen LogP contribution < -0.4 is 15.4 Å². The van der Waals surface area contributed by atoms with Gasteiger partial charge < -0.3 is 24.7 Å². The number of rotatable bonds is 6. The van der Waals surface area contributed by atoms with E-state index in [0.717, 1.165) is 6.42 Å². The van der Waals surface area contributed by atoms with E-state index >= 15 is 0 Å². The van der Waals surface area contributed by atoms with E-state index in [1.807, 2.05) is 0 Å². The van der Waals surface area contributed by atoms with Crippen LogP contribution >= 0.6 is 0 Å². The van der Waals surface area contributed by atoms with Gasteiger partial charge in [0.15, 0.2) is 0 Å². The van der Waals surface area contributed by atoms with Crippen LogP contribution in [0.1, 0.15) is 33.6 Å². The van der Waals surface area contributed by atoms with E-state index in [4.69, 9.17) is 9.15 Å². The molecule has 8 nitrogen and oxygen atoms in total. The lowest BCUT2D eigenvalue weighted by Crippen LogP contribution is -2.43. The molecule has 1 aromatic heterocycles. The van der Waals surface area contributed by atoms with E-state index in [0.29, 0.717) is 47.8 Å². The highest BCUT2D eigenvalue weighted by Gasteiger charge is 2.29. The minimum absolute atomic E-state index is 0.131. The van der Waals surface area contributed by atoms with Crippen LogP contribution in [-0.2, 0) is 4.79 Å². The average Bonchev–Trinajstić information content (AvgIpc) is 3.39. The molecule has 0 bridgehead atoms. The number of carbonyl (C=O) groups is 3. The first-order valence-electron chi connectivity index (χ1n) is 10.7. The number of nitrogens with zero attached hydrogens (tertiary/aromatic N) is 1. The summed E-state index contributed by atoms with van der Waals surface area (Å²) in [6.07, 6.45) is 4.34. The van der Waals surface area contributed by atoms with Gasteiger partial charge in [-0.1, -0.05) is 0 Å². The van der Waals surface area contributed by atoms with Gasteiger partial charge in [-0.2, -0.15) is 0 Å². The lowest BCUT2D eigenvalue weighted by molar-refractivity contribution is -0.121. The molecule has 1 aliphatic rings. The van der Waals surface area contributed by atoms with E-state index in [-0.39, 0.29) is 23.6 Å². The van der Waals surface area contributed by atoms with E-state index in [2.05, 4.69) is 10.6 Å². The molecular formula is C25H25N3O5. The number of hydrogen-bond donors (Lipinski definition) is 2. The molecule has 2 N–H and O–H groups in total. The van der Waals surface area contributed by atoms with E-state index < -0.39 is 0 Å². The Hall–Kier alpha value is -4.07. The number of benzene rings is 2. The summed E-state index contributed by atoms with van der Waals surface area (Å²) in [5, 5.41) is 5.72. The zero-order valence-electron chi connectivity index (χ0n) is 18.2. The molecule has 0 spiro atoms. The quantitative estimate of drug-likeness (QED) is 0.594. The van der Waals surface area contributed by atoms with Crippen molar-refractivity contribution in [1.29, 1.82) is 0 Å². The van der Waals surface area contributed by atoms with E-state index in [1.54, 1.807) is 66.6 Å². The first kappa shape index (κ1) is 22.1. The summed E-state index contributed by atoms with van der Waals surface area (Å²) >= 11 is 0. The largest absolute Gasteiger partial charge is 0.497 e. The monoisotopic (exact) mass is 447 g/mol. The molecule has 1 saturated heterocycles. The van der Waals surface area contributed by atoms with Crippen LogP contribution in [0, 0.1) is 5.92 Å². The van der Waals surface area contributed by atoms with Gasteiger partial charge >= 0.3 is 0 Å². The van der Waals surface area contributed by atoms with Gasteiger partial charge in [0.1, 0.15) is 12.0 Å². The molecule has 0 unspecified atom stereocenters. The van der Waals surface area contributed by atoms with Crippen molar-refractivity contribution in [3.8, 4) is 5.75 Å². The molecule has 8 heteroatoms. The fraction of sp³-hybridized carbons (Fsp3) is 0.240. The van der Waals surface area contributed by atoms with Gasteiger partial charge in [-0.05, 0) is 67.4 Å². The molecule has 0 radical (unpaired) electrons. The second kappa shape index (κ2) is 10.0. The predicted octanol–water partition coefficient (Wildman–Crippen LogP) is 4.03. The van der Waals surface area contributed by atoms with Crippen LogP contribution in [0.2, 0.25) is 0 Å². The van der Waals surface area contributed by atoms with Gasteiger partial charge in [-0.15, -0.1) is 0 Å². The Morgan fingerprint density at radius 3 is 2.30 bits per heavy atom. The van der Waals surface area contributed by atoms with Crippen LogP contribution in [0.15, 0.2) is 71.5 Å². The third-order valence-corrected chi connectivity index (χ3v) is 5.61. The van der Waals surface area contributed by atoms with Gasteiger partial charge in [0.05, 0.1) is 24.9 Å². The molecule has 1 atom stereocenters. The van der Waals surface area contributed by atoms with Crippen molar-refractivity contribution in [2.24, 2.45) is 5.92 Å². The summed E-state index contributed by atoms with van der Waals surface area (Å²) in [4.78, 5) is 39.5. The number of methoxy groups -OCH3 is 1. The predicted molar refractivity (Wildman–Crippen MR) is 123 cm³/mol. The molecule has 2 heterocycles. The fourth-order valence-electron chi connectivity index (χ4n) is 3.77. The number of anilines is 2. The van der Waals surface area contributed by atoms with E-state index in [1.165, 1.54) is 12.5 Å². The first-order chi connectivity index (χ1) is 16.0. The van der Waals surface area contributed by atoms with Crippen LogP contribution in [0.5, 0.6) is 5.75 Å². The maximum atomic E-state index is 12.8. The molecule has 1 fully saturated rings. The molecule has 3 aromatic rings. The Kier molecular flexibility index (Phi) is 6.73. The number of nitrogens with one attached hydrogen (secondary N) is 2. The van der Waals surface area contributed by atoms with Gasteiger partial charge in [-0.25, -0.2) is 0 Å². The fourth-order valence-corrected chi connectivity index (χ4v) is 3.77.